The third kappa shape index (κ3) is 2.74. The van der Waals surface area contributed by atoms with Gasteiger partial charge in [-0.1, -0.05) is 0 Å². The smallest absolute Gasteiger partial charge is 0.308 e. The first-order valence-electron chi connectivity index (χ1n) is 5.04. The second kappa shape index (κ2) is 4.71. The molecule has 0 aliphatic heterocycles. The van der Waals surface area contributed by atoms with E-state index in [1.807, 2.05) is 25.4 Å². The standard InChI is InChI=1S/C12H11BrN2O2/c1-8(16)17-10-5-3-9(4-6-10)12-11(13)7-15(2)14-12/h3-7H,1-2H3. The Hall–Kier alpha value is -1.62. The lowest BCUT2D eigenvalue weighted by Gasteiger charge is -2.02. The lowest BCUT2D eigenvalue weighted by molar-refractivity contribution is -0.131. The highest BCUT2D eigenvalue weighted by Gasteiger charge is 2.08. The van der Waals surface area contributed by atoms with E-state index in [4.69, 9.17) is 4.74 Å². The van der Waals surface area contributed by atoms with Crippen LogP contribution in [0.25, 0.3) is 11.3 Å². The molecule has 2 aromatic rings. The molecule has 5 heteroatoms. The number of carbonyl (C=O) groups excluding carboxylic acids is 1. The minimum atomic E-state index is -0.322. The van der Waals surface area contributed by atoms with Crippen molar-refractivity contribution in [3.63, 3.8) is 0 Å². The lowest BCUT2D eigenvalue weighted by atomic mass is 10.1. The van der Waals surface area contributed by atoms with Crippen LogP contribution in [0.1, 0.15) is 6.92 Å². The molecular weight excluding hydrogens is 284 g/mol. The Balaban J connectivity index is 2.29. The van der Waals surface area contributed by atoms with Crippen LogP contribution in [0, 0.1) is 0 Å². The summed E-state index contributed by atoms with van der Waals surface area (Å²) in [7, 11) is 1.86. The number of nitrogens with zero attached hydrogens (tertiary/aromatic N) is 2. The van der Waals surface area contributed by atoms with Gasteiger partial charge >= 0.3 is 5.97 Å². The highest BCUT2D eigenvalue weighted by molar-refractivity contribution is 9.10. The zero-order valence-electron chi connectivity index (χ0n) is 9.48. The summed E-state index contributed by atoms with van der Waals surface area (Å²) in [4.78, 5) is 10.8. The summed E-state index contributed by atoms with van der Waals surface area (Å²) in [5.41, 5.74) is 1.83. The largest absolute Gasteiger partial charge is 0.427 e. The minimum Gasteiger partial charge on any atom is -0.427 e. The zero-order valence-corrected chi connectivity index (χ0v) is 11.1. The number of halogens is 1. The maximum atomic E-state index is 10.8. The molecular formula is C12H11BrN2O2. The molecule has 0 aliphatic rings. The van der Waals surface area contributed by atoms with Gasteiger partial charge in [0.1, 0.15) is 11.4 Å². The van der Waals surface area contributed by atoms with Crippen LogP contribution in [0.4, 0.5) is 0 Å². The number of esters is 1. The molecule has 0 aliphatic carbocycles. The Morgan fingerprint density at radius 3 is 2.47 bits per heavy atom. The Kier molecular flexibility index (Phi) is 3.28. The molecule has 1 aromatic heterocycles. The van der Waals surface area contributed by atoms with Crippen molar-refractivity contribution < 1.29 is 9.53 Å². The summed E-state index contributed by atoms with van der Waals surface area (Å²) in [6.45, 7) is 1.38. The molecule has 2 rings (SSSR count). The van der Waals surface area contributed by atoms with E-state index in [2.05, 4.69) is 21.0 Å². The third-order valence-corrected chi connectivity index (χ3v) is 2.75. The molecule has 0 unspecified atom stereocenters. The molecule has 0 spiro atoms. The molecule has 17 heavy (non-hydrogen) atoms. The van der Waals surface area contributed by atoms with E-state index in [0.717, 1.165) is 15.7 Å². The fourth-order valence-electron chi connectivity index (χ4n) is 1.50. The summed E-state index contributed by atoms with van der Waals surface area (Å²) < 4.78 is 7.63. The van der Waals surface area contributed by atoms with E-state index in [1.165, 1.54) is 6.92 Å². The molecule has 0 bridgehead atoms. The van der Waals surface area contributed by atoms with Crippen molar-refractivity contribution in [3.8, 4) is 17.0 Å². The zero-order chi connectivity index (χ0) is 12.4. The molecule has 1 heterocycles. The van der Waals surface area contributed by atoms with Crippen molar-refractivity contribution in [2.45, 2.75) is 6.92 Å². The van der Waals surface area contributed by atoms with Crippen LogP contribution in [0.3, 0.4) is 0 Å². The summed E-state index contributed by atoms with van der Waals surface area (Å²) >= 11 is 3.44. The predicted molar refractivity (Wildman–Crippen MR) is 67.7 cm³/mol. The van der Waals surface area contributed by atoms with Crippen molar-refractivity contribution in [1.29, 1.82) is 0 Å². The first-order chi connectivity index (χ1) is 8.06. The Morgan fingerprint density at radius 1 is 1.35 bits per heavy atom. The van der Waals surface area contributed by atoms with Gasteiger partial charge in [0.2, 0.25) is 0 Å². The summed E-state index contributed by atoms with van der Waals surface area (Å²) in [5, 5.41) is 4.33. The number of rotatable bonds is 2. The molecule has 88 valence electrons. The molecule has 1 aromatic carbocycles. The van der Waals surface area contributed by atoms with Crippen molar-refractivity contribution in [1.82, 2.24) is 9.78 Å². The van der Waals surface area contributed by atoms with E-state index >= 15 is 0 Å². The topological polar surface area (TPSA) is 44.1 Å². The maximum Gasteiger partial charge on any atom is 0.308 e. The van der Waals surface area contributed by atoms with E-state index in [9.17, 15) is 4.79 Å². The van der Waals surface area contributed by atoms with E-state index < -0.39 is 0 Å². The van der Waals surface area contributed by atoms with Crippen molar-refractivity contribution >= 4 is 21.9 Å². The third-order valence-electron chi connectivity index (χ3n) is 2.17. The van der Waals surface area contributed by atoms with Gasteiger partial charge < -0.3 is 4.74 Å². The van der Waals surface area contributed by atoms with Crippen molar-refractivity contribution in [2.75, 3.05) is 0 Å². The fourth-order valence-corrected chi connectivity index (χ4v) is 2.11. The average Bonchev–Trinajstić information content (AvgIpc) is 2.58. The quantitative estimate of drug-likeness (QED) is 0.632. The predicted octanol–water partition coefficient (Wildman–Crippen LogP) is 2.77. The highest BCUT2D eigenvalue weighted by atomic mass is 79.9. The van der Waals surface area contributed by atoms with Gasteiger partial charge in [0.25, 0.3) is 0 Å². The minimum absolute atomic E-state index is 0.322. The number of hydrogen-bond donors (Lipinski definition) is 0. The van der Waals surface area contributed by atoms with Crippen LogP contribution in [-0.2, 0) is 11.8 Å². The van der Waals surface area contributed by atoms with Gasteiger partial charge in [0.15, 0.2) is 0 Å². The Morgan fingerprint density at radius 2 is 2.00 bits per heavy atom. The van der Waals surface area contributed by atoms with Gasteiger partial charge in [0.05, 0.1) is 4.47 Å². The molecule has 0 amide bonds. The fraction of sp³-hybridized carbons (Fsp3) is 0.167. The van der Waals surface area contributed by atoms with Gasteiger partial charge in [-0.25, -0.2) is 0 Å². The van der Waals surface area contributed by atoms with Gasteiger partial charge in [-0.15, -0.1) is 0 Å². The van der Waals surface area contributed by atoms with Crippen molar-refractivity contribution in [3.05, 3.63) is 34.9 Å². The van der Waals surface area contributed by atoms with Crippen LogP contribution in [0.15, 0.2) is 34.9 Å². The molecule has 0 saturated carbocycles. The summed E-state index contributed by atoms with van der Waals surface area (Å²) in [6, 6.07) is 7.23. The highest BCUT2D eigenvalue weighted by Crippen LogP contribution is 2.27. The normalized spacial score (nSPS) is 10.3. The Bertz CT molecular complexity index is 546. The second-order valence-corrected chi connectivity index (χ2v) is 4.47. The second-order valence-electron chi connectivity index (χ2n) is 3.62. The van der Waals surface area contributed by atoms with Crippen LogP contribution >= 0.6 is 15.9 Å². The van der Waals surface area contributed by atoms with Gasteiger partial charge in [-0.2, -0.15) is 5.10 Å². The molecule has 0 atom stereocenters. The van der Waals surface area contributed by atoms with Crippen LogP contribution in [-0.4, -0.2) is 15.7 Å². The molecule has 0 radical (unpaired) electrons. The number of hydrogen-bond acceptors (Lipinski definition) is 3. The maximum absolute atomic E-state index is 10.8. The van der Waals surface area contributed by atoms with Crippen LogP contribution < -0.4 is 4.74 Å². The lowest BCUT2D eigenvalue weighted by Crippen LogP contribution is -2.00. The van der Waals surface area contributed by atoms with Crippen molar-refractivity contribution in [2.24, 2.45) is 7.05 Å². The number of carbonyl (C=O) groups is 1. The van der Waals surface area contributed by atoms with E-state index in [0.29, 0.717) is 5.75 Å². The molecule has 4 nitrogen and oxygen atoms in total. The van der Waals surface area contributed by atoms with Crippen LogP contribution in [0.5, 0.6) is 5.75 Å². The average molecular weight is 295 g/mol. The molecule has 0 fully saturated rings. The molecule has 0 saturated heterocycles. The van der Waals surface area contributed by atoms with Crippen LogP contribution in [0.2, 0.25) is 0 Å². The summed E-state index contributed by atoms with van der Waals surface area (Å²) in [5.74, 6) is 0.213. The number of ether oxygens (including phenoxy) is 1. The Labute approximate surface area is 107 Å². The molecule has 0 N–H and O–H groups in total. The summed E-state index contributed by atoms with van der Waals surface area (Å²) in [6.07, 6.45) is 1.88. The van der Waals surface area contributed by atoms with Gasteiger partial charge in [-0.05, 0) is 40.2 Å². The SMILES string of the molecule is CC(=O)Oc1ccc(-c2nn(C)cc2Br)cc1. The van der Waals surface area contributed by atoms with Gasteiger partial charge in [0, 0.05) is 25.7 Å². The monoisotopic (exact) mass is 294 g/mol. The number of aromatic nitrogens is 2. The van der Waals surface area contributed by atoms with E-state index in [1.54, 1.807) is 16.8 Å². The van der Waals surface area contributed by atoms with Gasteiger partial charge in [-0.3, -0.25) is 9.48 Å². The number of benzene rings is 1. The number of aryl methyl sites for hydroxylation is 1. The first-order valence-corrected chi connectivity index (χ1v) is 5.83. The first kappa shape index (κ1) is 11.9. The van der Waals surface area contributed by atoms with E-state index in [-0.39, 0.29) is 5.97 Å².